The number of ether oxygens (including phenoxy) is 1. The second-order valence-electron chi connectivity index (χ2n) is 5.36. The number of methoxy groups -OCH3 is 1. The van der Waals surface area contributed by atoms with E-state index < -0.39 is 21.7 Å². The molecule has 0 saturated carbocycles. The molecule has 0 spiro atoms. The van der Waals surface area contributed by atoms with Crippen molar-refractivity contribution in [2.75, 3.05) is 25.0 Å². The van der Waals surface area contributed by atoms with Gasteiger partial charge in [-0.3, -0.25) is 9.52 Å². The first-order valence-electron chi connectivity index (χ1n) is 7.68. The molecule has 0 bridgehead atoms. The highest BCUT2D eigenvalue weighted by Crippen LogP contribution is 2.20. The fourth-order valence-corrected chi connectivity index (χ4v) is 3.15. The Morgan fingerprint density at radius 2 is 1.81 bits per heavy atom. The molecule has 0 aliphatic heterocycles. The number of rotatable bonds is 8. The van der Waals surface area contributed by atoms with Gasteiger partial charge in [-0.05, 0) is 42.8 Å². The molecule has 2 aromatic carbocycles. The number of anilines is 1. The molecule has 0 fully saturated rings. The Balaban J connectivity index is 2.07. The number of amides is 1. The van der Waals surface area contributed by atoms with Gasteiger partial charge in [-0.2, -0.15) is 0 Å². The van der Waals surface area contributed by atoms with Crippen LogP contribution in [0.1, 0.15) is 16.8 Å². The van der Waals surface area contributed by atoms with Gasteiger partial charge in [-0.25, -0.2) is 17.2 Å². The fraction of sp³-hybridized carbons (Fsp3) is 0.235. The van der Waals surface area contributed by atoms with Crippen LogP contribution in [0.15, 0.2) is 47.4 Å². The van der Waals surface area contributed by atoms with Crippen LogP contribution in [0, 0.1) is 11.6 Å². The molecule has 0 aliphatic rings. The van der Waals surface area contributed by atoms with E-state index in [1.54, 1.807) is 7.11 Å². The highest BCUT2D eigenvalue weighted by molar-refractivity contribution is 7.92. The third-order valence-corrected chi connectivity index (χ3v) is 4.79. The zero-order valence-corrected chi connectivity index (χ0v) is 14.8. The van der Waals surface area contributed by atoms with Crippen molar-refractivity contribution in [3.05, 3.63) is 59.7 Å². The largest absolute Gasteiger partial charge is 0.385 e. The summed E-state index contributed by atoms with van der Waals surface area (Å²) in [6.07, 6.45) is 0.655. The first-order chi connectivity index (χ1) is 12.3. The molecule has 0 radical (unpaired) electrons. The van der Waals surface area contributed by atoms with Crippen molar-refractivity contribution in [3.8, 4) is 0 Å². The van der Waals surface area contributed by atoms with E-state index in [1.165, 1.54) is 24.3 Å². The molecule has 2 N–H and O–H groups in total. The van der Waals surface area contributed by atoms with Crippen molar-refractivity contribution in [2.45, 2.75) is 11.3 Å². The van der Waals surface area contributed by atoms with Crippen LogP contribution in [0.2, 0.25) is 0 Å². The summed E-state index contributed by atoms with van der Waals surface area (Å²) in [5, 5.41) is 2.68. The highest BCUT2D eigenvalue weighted by atomic mass is 32.2. The van der Waals surface area contributed by atoms with E-state index in [9.17, 15) is 22.0 Å². The number of hydrogen-bond donors (Lipinski definition) is 2. The topological polar surface area (TPSA) is 84.5 Å². The summed E-state index contributed by atoms with van der Waals surface area (Å²) >= 11 is 0. The molecule has 9 heteroatoms. The molecule has 1 amide bonds. The molecule has 6 nitrogen and oxygen atoms in total. The van der Waals surface area contributed by atoms with Crippen molar-refractivity contribution in [1.29, 1.82) is 0 Å². The molecule has 0 unspecified atom stereocenters. The molecule has 26 heavy (non-hydrogen) atoms. The van der Waals surface area contributed by atoms with Gasteiger partial charge in [0.15, 0.2) is 0 Å². The molecular weight excluding hydrogens is 366 g/mol. The van der Waals surface area contributed by atoms with Gasteiger partial charge in [0.1, 0.15) is 11.6 Å². The second kappa shape index (κ2) is 8.72. The van der Waals surface area contributed by atoms with Gasteiger partial charge in [0, 0.05) is 31.9 Å². The molecule has 0 atom stereocenters. The van der Waals surface area contributed by atoms with E-state index in [4.69, 9.17) is 4.74 Å². The molecular formula is C17H18F2N2O4S. The van der Waals surface area contributed by atoms with Crippen LogP contribution in [0.3, 0.4) is 0 Å². The minimum absolute atomic E-state index is 0.155. The molecule has 0 heterocycles. The lowest BCUT2D eigenvalue weighted by molar-refractivity contribution is 0.0948. The zero-order chi connectivity index (χ0) is 19.2. The molecule has 140 valence electrons. The normalized spacial score (nSPS) is 11.2. The van der Waals surface area contributed by atoms with E-state index in [-0.39, 0.29) is 22.1 Å². The molecule has 0 aromatic heterocycles. The number of nitrogens with one attached hydrogen (secondary N) is 2. The van der Waals surface area contributed by atoms with E-state index in [2.05, 4.69) is 5.32 Å². The van der Waals surface area contributed by atoms with Crippen LogP contribution < -0.4 is 10.0 Å². The van der Waals surface area contributed by atoms with E-state index in [0.717, 1.165) is 12.1 Å². The van der Waals surface area contributed by atoms with Crippen molar-refractivity contribution in [3.63, 3.8) is 0 Å². The van der Waals surface area contributed by atoms with Crippen LogP contribution in [0.4, 0.5) is 14.5 Å². The Hall–Kier alpha value is -2.52. The Labute approximate surface area is 150 Å². The van der Waals surface area contributed by atoms with Crippen LogP contribution in [0.5, 0.6) is 0 Å². The number of carbonyl (C=O) groups is 1. The Morgan fingerprint density at radius 1 is 1.12 bits per heavy atom. The maximum Gasteiger partial charge on any atom is 0.261 e. The standard InChI is InChI=1S/C17H18F2N2O4S/c1-25-10-2-9-20-17(22)12-3-6-14(7-4-12)26(23,24)21-16-8-5-13(18)11-15(16)19/h3-8,11,21H,2,9-10H2,1H3,(H,20,22). The number of halogens is 2. The number of hydrogen-bond acceptors (Lipinski definition) is 4. The lowest BCUT2D eigenvalue weighted by atomic mass is 10.2. The second-order valence-corrected chi connectivity index (χ2v) is 7.04. The molecule has 0 aliphatic carbocycles. The van der Waals surface area contributed by atoms with E-state index >= 15 is 0 Å². The van der Waals surface area contributed by atoms with E-state index in [0.29, 0.717) is 25.6 Å². The monoisotopic (exact) mass is 384 g/mol. The average molecular weight is 384 g/mol. The predicted octanol–water partition coefficient (Wildman–Crippen LogP) is 2.53. The quantitative estimate of drug-likeness (QED) is 0.685. The van der Waals surface area contributed by atoms with Crippen LogP contribution >= 0.6 is 0 Å². The highest BCUT2D eigenvalue weighted by Gasteiger charge is 2.17. The number of benzene rings is 2. The maximum absolute atomic E-state index is 13.6. The van der Waals surface area contributed by atoms with Gasteiger partial charge < -0.3 is 10.1 Å². The summed E-state index contributed by atoms with van der Waals surface area (Å²) in [4.78, 5) is 11.8. The van der Waals surface area contributed by atoms with Gasteiger partial charge in [0.05, 0.1) is 10.6 Å². The molecule has 0 saturated heterocycles. The summed E-state index contributed by atoms with van der Waals surface area (Å²) in [5.74, 6) is -2.19. The minimum Gasteiger partial charge on any atom is -0.385 e. The SMILES string of the molecule is COCCCNC(=O)c1ccc(S(=O)(=O)Nc2ccc(F)cc2F)cc1. The number of carbonyl (C=O) groups excluding carboxylic acids is 1. The summed E-state index contributed by atoms with van der Waals surface area (Å²) in [7, 11) is -2.51. The maximum atomic E-state index is 13.6. The summed E-state index contributed by atoms with van der Waals surface area (Å²) in [5.41, 5.74) is -0.0827. The Morgan fingerprint density at radius 3 is 2.42 bits per heavy atom. The van der Waals surface area contributed by atoms with Crippen molar-refractivity contribution in [2.24, 2.45) is 0 Å². The number of sulfonamides is 1. The summed E-state index contributed by atoms with van der Waals surface area (Å²) < 4.78 is 58.0. The van der Waals surface area contributed by atoms with Crippen molar-refractivity contribution >= 4 is 21.6 Å². The van der Waals surface area contributed by atoms with Crippen molar-refractivity contribution < 1.29 is 26.7 Å². The molecule has 2 aromatic rings. The Bertz CT molecular complexity index is 871. The van der Waals surface area contributed by atoms with Crippen LogP contribution in [-0.4, -0.2) is 34.6 Å². The summed E-state index contributed by atoms with van der Waals surface area (Å²) in [6.45, 7) is 0.946. The van der Waals surface area contributed by atoms with Gasteiger partial charge in [-0.1, -0.05) is 0 Å². The first kappa shape index (κ1) is 19.8. The van der Waals surface area contributed by atoms with Crippen LogP contribution in [-0.2, 0) is 14.8 Å². The van der Waals surface area contributed by atoms with Gasteiger partial charge >= 0.3 is 0 Å². The Kier molecular flexibility index (Phi) is 6.64. The third-order valence-electron chi connectivity index (χ3n) is 3.41. The lowest BCUT2D eigenvalue weighted by Crippen LogP contribution is -2.25. The molecule has 2 rings (SSSR count). The third kappa shape index (κ3) is 5.24. The van der Waals surface area contributed by atoms with Gasteiger partial charge in [0.25, 0.3) is 15.9 Å². The van der Waals surface area contributed by atoms with Crippen molar-refractivity contribution in [1.82, 2.24) is 5.32 Å². The van der Waals surface area contributed by atoms with Crippen LogP contribution in [0.25, 0.3) is 0 Å². The smallest absolute Gasteiger partial charge is 0.261 e. The predicted molar refractivity (Wildman–Crippen MR) is 92.4 cm³/mol. The average Bonchev–Trinajstić information content (AvgIpc) is 2.61. The first-order valence-corrected chi connectivity index (χ1v) is 9.17. The fourth-order valence-electron chi connectivity index (χ4n) is 2.08. The van der Waals surface area contributed by atoms with Gasteiger partial charge in [-0.15, -0.1) is 0 Å². The lowest BCUT2D eigenvalue weighted by Gasteiger charge is -2.10. The van der Waals surface area contributed by atoms with Gasteiger partial charge in [0.2, 0.25) is 0 Å². The minimum atomic E-state index is -4.08. The van der Waals surface area contributed by atoms with E-state index in [1.807, 2.05) is 4.72 Å². The zero-order valence-electron chi connectivity index (χ0n) is 14.0. The summed E-state index contributed by atoms with van der Waals surface area (Å²) in [6, 6.07) is 7.67.